The van der Waals surface area contributed by atoms with E-state index in [1.54, 1.807) is 36.8 Å². The Kier molecular flexibility index (Phi) is 8.20. The van der Waals surface area contributed by atoms with Crippen molar-refractivity contribution in [3.8, 4) is 11.4 Å². The van der Waals surface area contributed by atoms with E-state index in [9.17, 15) is 14.7 Å². The molecule has 0 bridgehead atoms. The number of rotatable bonds is 9. The molecule has 3 aromatic rings. The second-order valence-electron chi connectivity index (χ2n) is 10.6. The number of aromatic nitrogens is 3. The summed E-state index contributed by atoms with van der Waals surface area (Å²) < 4.78 is 0. The molecule has 1 saturated carbocycles. The minimum absolute atomic E-state index is 0.00805. The number of aliphatic hydroxyl groups is 1. The van der Waals surface area contributed by atoms with E-state index in [1.807, 2.05) is 35.2 Å². The fourth-order valence-corrected chi connectivity index (χ4v) is 5.74. The molecule has 2 aromatic heterocycles. The quantitative estimate of drug-likeness (QED) is 0.421. The van der Waals surface area contributed by atoms with Gasteiger partial charge in [-0.15, -0.1) is 0 Å². The van der Waals surface area contributed by atoms with Crippen molar-refractivity contribution in [1.29, 1.82) is 0 Å². The molecule has 0 spiro atoms. The lowest BCUT2D eigenvalue weighted by molar-refractivity contribution is -0.129. The number of Topliss-reactive ketones (excluding diaryl/α,β-unsaturated/α-hetero) is 1. The van der Waals surface area contributed by atoms with Crippen LogP contribution in [0.4, 0.5) is 0 Å². The van der Waals surface area contributed by atoms with E-state index in [0.717, 1.165) is 44.3 Å². The number of hydrogen-bond donors (Lipinski definition) is 2. The molecule has 3 heterocycles. The van der Waals surface area contributed by atoms with Crippen molar-refractivity contribution in [2.75, 3.05) is 26.2 Å². The van der Waals surface area contributed by atoms with Crippen LogP contribution in [0.1, 0.15) is 54.6 Å². The number of carbonyl (C=O) groups is 2. The smallest absolute Gasteiger partial charge is 0.236 e. The third kappa shape index (κ3) is 6.31. The summed E-state index contributed by atoms with van der Waals surface area (Å²) in [7, 11) is 0. The summed E-state index contributed by atoms with van der Waals surface area (Å²) in [4.78, 5) is 39.9. The third-order valence-electron chi connectivity index (χ3n) is 7.96. The van der Waals surface area contributed by atoms with Gasteiger partial charge in [-0.05, 0) is 68.6 Å². The first kappa shape index (κ1) is 26.1. The Balaban J connectivity index is 1.04. The molecule has 0 unspecified atom stereocenters. The van der Waals surface area contributed by atoms with Gasteiger partial charge in [0.05, 0.1) is 18.8 Å². The molecule has 198 valence electrons. The summed E-state index contributed by atoms with van der Waals surface area (Å²) in [6, 6.07) is 14.7. The maximum atomic E-state index is 12.7. The summed E-state index contributed by atoms with van der Waals surface area (Å²) in [5.41, 5.74) is 1.31. The first-order chi connectivity index (χ1) is 18.5. The number of ketones is 1. The predicted octanol–water partition coefficient (Wildman–Crippen LogP) is 3.63. The Labute approximate surface area is 223 Å². The molecule has 8 nitrogen and oxygen atoms in total. The van der Waals surface area contributed by atoms with Gasteiger partial charge in [0.1, 0.15) is 5.60 Å². The van der Waals surface area contributed by atoms with Gasteiger partial charge >= 0.3 is 0 Å². The van der Waals surface area contributed by atoms with Crippen LogP contribution in [-0.2, 0) is 10.4 Å². The van der Waals surface area contributed by atoms with Crippen LogP contribution in [0.3, 0.4) is 0 Å². The molecule has 1 aliphatic heterocycles. The number of nitrogens with zero attached hydrogens (tertiary/aromatic N) is 4. The maximum absolute atomic E-state index is 12.7. The van der Waals surface area contributed by atoms with Crippen molar-refractivity contribution in [3.05, 3.63) is 78.4 Å². The molecule has 1 atom stereocenters. The second-order valence-corrected chi connectivity index (χ2v) is 10.6. The van der Waals surface area contributed by atoms with Crippen LogP contribution in [0.15, 0.2) is 67.1 Å². The van der Waals surface area contributed by atoms with E-state index in [4.69, 9.17) is 0 Å². The Morgan fingerprint density at radius 1 is 0.921 bits per heavy atom. The fourth-order valence-electron chi connectivity index (χ4n) is 5.74. The van der Waals surface area contributed by atoms with Gasteiger partial charge in [-0.3, -0.25) is 14.6 Å². The molecule has 1 aliphatic carbocycles. The minimum Gasteiger partial charge on any atom is -0.384 e. The van der Waals surface area contributed by atoms with Gasteiger partial charge in [0.2, 0.25) is 5.91 Å². The number of amides is 1. The van der Waals surface area contributed by atoms with Gasteiger partial charge in [0.25, 0.3) is 0 Å². The van der Waals surface area contributed by atoms with Crippen LogP contribution in [0.5, 0.6) is 0 Å². The zero-order chi connectivity index (χ0) is 26.4. The summed E-state index contributed by atoms with van der Waals surface area (Å²) >= 11 is 0. The van der Waals surface area contributed by atoms with Crippen LogP contribution in [-0.4, -0.2) is 62.8 Å². The van der Waals surface area contributed by atoms with Crippen molar-refractivity contribution in [2.45, 2.75) is 44.1 Å². The number of benzene rings is 1. The monoisotopic (exact) mass is 513 g/mol. The Hall–Kier alpha value is -3.49. The molecule has 0 radical (unpaired) electrons. The highest BCUT2D eigenvalue weighted by Crippen LogP contribution is 2.41. The van der Waals surface area contributed by atoms with Crippen molar-refractivity contribution in [1.82, 2.24) is 25.2 Å². The second kappa shape index (κ2) is 11.9. The molecule has 38 heavy (non-hydrogen) atoms. The lowest BCUT2D eigenvalue weighted by Gasteiger charge is -2.36. The maximum Gasteiger partial charge on any atom is 0.236 e. The van der Waals surface area contributed by atoms with E-state index in [2.05, 4.69) is 20.3 Å². The van der Waals surface area contributed by atoms with Crippen molar-refractivity contribution >= 4 is 11.7 Å². The molecule has 2 aliphatic rings. The molecule has 2 fully saturated rings. The van der Waals surface area contributed by atoms with Gasteiger partial charge in [0.15, 0.2) is 11.6 Å². The van der Waals surface area contributed by atoms with E-state index in [-0.39, 0.29) is 24.8 Å². The Morgan fingerprint density at radius 3 is 2.39 bits per heavy atom. The molecule has 5 rings (SSSR count). The van der Waals surface area contributed by atoms with Crippen LogP contribution in [0, 0.1) is 11.8 Å². The van der Waals surface area contributed by atoms with Crippen molar-refractivity contribution in [3.63, 3.8) is 0 Å². The number of nitrogens with one attached hydrogen (secondary N) is 1. The fraction of sp³-hybridized carbons (Fsp3) is 0.433. The average molecular weight is 514 g/mol. The zero-order valence-electron chi connectivity index (χ0n) is 21.6. The molecular weight excluding hydrogens is 478 g/mol. The highest BCUT2D eigenvalue weighted by molar-refractivity contribution is 5.97. The van der Waals surface area contributed by atoms with Gasteiger partial charge in [-0.1, -0.05) is 30.3 Å². The SMILES string of the molecule is O=C(CNCC(=O)N1CC[C@H](CC2CCC(O)(c3ccc(-c4ncccn4)cn3)CC2)C1)c1ccccc1. The molecule has 8 heteroatoms. The number of pyridine rings is 1. The molecular formula is C30H35N5O3. The van der Waals surface area contributed by atoms with Crippen molar-refractivity contribution in [2.24, 2.45) is 11.8 Å². The largest absolute Gasteiger partial charge is 0.384 e. The molecule has 1 amide bonds. The lowest BCUT2D eigenvalue weighted by atomic mass is 9.74. The van der Waals surface area contributed by atoms with E-state index in [1.165, 1.54) is 0 Å². The summed E-state index contributed by atoms with van der Waals surface area (Å²) in [6.07, 6.45) is 10.5. The van der Waals surface area contributed by atoms with Gasteiger partial charge in [-0.2, -0.15) is 0 Å². The zero-order valence-corrected chi connectivity index (χ0v) is 21.6. The molecule has 2 N–H and O–H groups in total. The third-order valence-corrected chi connectivity index (χ3v) is 7.96. The minimum atomic E-state index is -0.896. The number of likely N-dealkylation sites (tertiary alicyclic amines) is 1. The van der Waals surface area contributed by atoms with E-state index in [0.29, 0.717) is 41.8 Å². The van der Waals surface area contributed by atoms with Gasteiger partial charge < -0.3 is 15.3 Å². The highest BCUT2D eigenvalue weighted by Gasteiger charge is 2.37. The molecule has 1 aromatic carbocycles. The van der Waals surface area contributed by atoms with Gasteiger partial charge in [-0.25, -0.2) is 9.97 Å². The van der Waals surface area contributed by atoms with Crippen LogP contribution in [0.2, 0.25) is 0 Å². The first-order valence-electron chi connectivity index (χ1n) is 13.5. The molecule has 1 saturated heterocycles. The van der Waals surface area contributed by atoms with Crippen LogP contribution >= 0.6 is 0 Å². The predicted molar refractivity (Wildman–Crippen MR) is 144 cm³/mol. The summed E-state index contributed by atoms with van der Waals surface area (Å²) in [6.45, 7) is 1.90. The van der Waals surface area contributed by atoms with Gasteiger partial charge in [0, 0.05) is 42.8 Å². The lowest BCUT2D eigenvalue weighted by Crippen LogP contribution is -2.38. The Morgan fingerprint density at radius 2 is 1.68 bits per heavy atom. The van der Waals surface area contributed by atoms with E-state index >= 15 is 0 Å². The number of hydrogen-bond acceptors (Lipinski definition) is 7. The normalized spacial score (nSPS) is 23.3. The average Bonchev–Trinajstić information content (AvgIpc) is 3.44. The van der Waals surface area contributed by atoms with E-state index < -0.39 is 5.60 Å². The Bertz CT molecular complexity index is 1210. The van der Waals surface area contributed by atoms with Crippen LogP contribution < -0.4 is 5.32 Å². The van der Waals surface area contributed by atoms with Crippen molar-refractivity contribution < 1.29 is 14.7 Å². The van der Waals surface area contributed by atoms with Crippen LogP contribution in [0.25, 0.3) is 11.4 Å². The first-order valence-corrected chi connectivity index (χ1v) is 13.5. The summed E-state index contributed by atoms with van der Waals surface area (Å²) in [5.74, 6) is 1.72. The topological polar surface area (TPSA) is 108 Å². The summed E-state index contributed by atoms with van der Waals surface area (Å²) in [5, 5.41) is 14.3. The highest BCUT2D eigenvalue weighted by atomic mass is 16.3. The number of carbonyl (C=O) groups excluding carboxylic acids is 2. The standard InChI is InChI=1S/C30H35N5O3/c36-26(24-5-2-1-3-6-24)19-31-20-28(37)35-16-11-23(21-35)17-22-9-12-30(38,13-10-22)27-8-7-25(18-34-27)29-32-14-4-15-33-29/h1-8,14-15,18,22-23,31,38H,9-13,16-17,19-21H2/t22?,23-,30?/m1/s1.